The molecule has 1 aliphatic heterocycles. The third-order valence-electron chi connectivity index (χ3n) is 5.61. The van der Waals surface area contributed by atoms with Gasteiger partial charge in [0.2, 0.25) is 0 Å². The monoisotopic (exact) mass is 376 g/mol. The summed E-state index contributed by atoms with van der Waals surface area (Å²) >= 11 is 0. The number of piperidine rings is 1. The standard InChI is InChI=1S/C21H21FN6/c22-16-5-7-18(27-11-8-14(13-23)9-12-27)20-15(16)4-6-17(24-20)21-26-25-19-3-1-2-10-28(19)21/h1-7,10,14H,8-9,11-13,23H2. The number of halogens is 1. The Morgan fingerprint density at radius 1 is 1.04 bits per heavy atom. The summed E-state index contributed by atoms with van der Waals surface area (Å²) in [5.74, 6) is 0.948. The molecule has 4 aromatic rings. The lowest BCUT2D eigenvalue weighted by Crippen LogP contribution is -2.36. The Morgan fingerprint density at radius 2 is 1.89 bits per heavy atom. The maximum Gasteiger partial charge on any atom is 0.187 e. The molecule has 0 bridgehead atoms. The number of pyridine rings is 2. The van der Waals surface area contributed by atoms with Crippen LogP contribution in [0.25, 0.3) is 28.1 Å². The molecular weight excluding hydrogens is 355 g/mol. The van der Waals surface area contributed by atoms with Crippen molar-refractivity contribution in [3.05, 3.63) is 54.5 Å². The number of fused-ring (bicyclic) bond motifs is 2. The highest BCUT2D eigenvalue weighted by molar-refractivity contribution is 5.92. The van der Waals surface area contributed by atoms with Crippen molar-refractivity contribution in [3.8, 4) is 11.5 Å². The Balaban J connectivity index is 1.62. The van der Waals surface area contributed by atoms with Crippen LogP contribution in [-0.4, -0.2) is 39.2 Å². The molecule has 142 valence electrons. The van der Waals surface area contributed by atoms with E-state index >= 15 is 0 Å². The molecular formula is C21H21FN6. The van der Waals surface area contributed by atoms with E-state index in [-0.39, 0.29) is 5.82 Å². The average Bonchev–Trinajstić information content (AvgIpc) is 3.18. The lowest BCUT2D eigenvalue weighted by Gasteiger charge is -2.33. The van der Waals surface area contributed by atoms with E-state index in [9.17, 15) is 4.39 Å². The SMILES string of the molecule is NCC1CCN(c2ccc(F)c3ccc(-c4nnc5ccccn45)nc23)CC1. The molecule has 0 unspecified atom stereocenters. The van der Waals surface area contributed by atoms with Crippen molar-refractivity contribution >= 4 is 22.2 Å². The fourth-order valence-electron chi connectivity index (χ4n) is 3.97. The number of nitrogens with zero attached hydrogens (tertiary/aromatic N) is 5. The molecule has 0 amide bonds. The second kappa shape index (κ2) is 6.83. The summed E-state index contributed by atoms with van der Waals surface area (Å²) in [7, 11) is 0. The molecule has 0 saturated carbocycles. The molecule has 1 fully saturated rings. The molecule has 28 heavy (non-hydrogen) atoms. The highest BCUT2D eigenvalue weighted by Gasteiger charge is 2.21. The molecule has 1 saturated heterocycles. The Bertz CT molecular complexity index is 1150. The van der Waals surface area contributed by atoms with Crippen LogP contribution in [0.3, 0.4) is 0 Å². The van der Waals surface area contributed by atoms with E-state index in [0.29, 0.717) is 28.3 Å². The van der Waals surface area contributed by atoms with E-state index in [0.717, 1.165) is 43.8 Å². The van der Waals surface area contributed by atoms with Crippen molar-refractivity contribution in [2.45, 2.75) is 12.8 Å². The van der Waals surface area contributed by atoms with Gasteiger partial charge in [0.1, 0.15) is 11.5 Å². The minimum Gasteiger partial charge on any atom is -0.370 e. The smallest absolute Gasteiger partial charge is 0.187 e. The maximum absolute atomic E-state index is 14.5. The highest BCUT2D eigenvalue weighted by Crippen LogP contribution is 2.32. The topological polar surface area (TPSA) is 72.3 Å². The highest BCUT2D eigenvalue weighted by atomic mass is 19.1. The molecule has 6 nitrogen and oxygen atoms in total. The minimum atomic E-state index is -0.263. The van der Waals surface area contributed by atoms with Crippen LogP contribution < -0.4 is 10.6 Å². The lowest BCUT2D eigenvalue weighted by atomic mass is 9.96. The maximum atomic E-state index is 14.5. The molecule has 5 rings (SSSR count). The van der Waals surface area contributed by atoms with Gasteiger partial charge in [0.15, 0.2) is 11.5 Å². The van der Waals surface area contributed by atoms with Gasteiger partial charge in [-0.3, -0.25) is 4.40 Å². The van der Waals surface area contributed by atoms with Gasteiger partial charge in [-0.1, -0.05) is 6.07 Å². The van der Waals surface area contributed by atoms with E-state index in [2.05, 4.69) is 15.1 Å². The van der Waals surface area contributed by atoms with Gasteiger partial charge in [-0.25, -0.2) is 9.37 Å². The predicted octanol–water partition coefficient (Wildman–Crippen LogP) is 3.26. The van der Waals surface area contributed by atoms with Crippen LogP contribution in [0.5, 0.6) is 0 Å². The molecule has 4 heterocycles. The van der Waals surface area contributed by atoms with E-state index in [1.165, 1.54) is 6.07 Å². The molecule has 0 atom stereocenters. The molecule has 3 aromatic heterocycles. The number of hydrogen-bond acceptors (Lipinski definition) is 5. The van der Waals surface area contributed by atoms with Gasteiger partial charge < -0.3 is 10.6 Å². The first-order chi connectivity index (χ1) is 13.7. The normalized spacial score (nSPS) is 15.6. The van der Waals surface area contributed by atoms with Crippen molar-refractivity contribution in [1.82, 2.24) is 19.6 Å². The van der Waals surface area contributed by atoms with Crippen LogP contribution >= 0.6 is 0 Å². The second-order valence-electron chi connectivity index (χ2n) is 7.28. The molecule has 2 N–H and O–H groups in total. The summed E-state index contributed by atoms with van der Waals surface area (Å²) in [4.78, 5) is 7.10. The van der Waals surface area contributed by atoms with Gasteiger partial charge in [-0.2, -0.15) is 0 Å². The van der Waals surface area contributed by atoms with Crippen LogP contribution in [0, 0.1) is 11.7 Å². The van der Waals surface area contributed by atoms with Crippen molar-refractivity contribution in [3.63, 3.8) is 0 Å². The van der Waals surface area contributed by atoms with Gasteiger partial charge >= 0.3 is 0 Å². The molecule has 1 aliphatic rings. The van der Waals surface area contributed by atoms with Crippen molar-refractivity contribution in [2.75, 3.05) is 24.5 Å². The van der Waals surface area contributed by atoms with Crippen molar-refractivity contribution in [2.24, 2.45) is 11.7 Å². The molecule has 0 radical (unpaired) electrons. The summed E-state index contributed by atoms with van der Waals surface area (Å²) in [6.07, 6.45) is 3.99. The van der Waals surface area contributed by atoms with E-state index in [4.69, 9.17) is 10.7 Å². The fraction of sp³-hybridized carbons (Fsp3) is 0.286. The summed E-state index contributed by atoms with van der Waals surface area (Å²) in [5.41, 5.74) is 8.87. The van der Waals surface area contributed by atoms with Crippen LogP contribution in [-0.2, 0) is 0 Å². The van der Waals surface area contributed by atoms with Crippen molar-refractivity contribution < 1.29 is 4.39 Å². The average molecular weight is 376 g/mol. The minimum absolute atomic E-state index is 0.263. The number of anilines is 1. The number of benzene rings is 1. The van der Waals surface area contributed by atoms with Gasteiger partial charge in [-0.05, 0) is 61.7 Å². The van der Waals surface area contributed by atoms with Gasteiger partial charge in [0.05, 0.1) is 11.2 Å². The third kappa shape index (κ3) is 2.79. The summed E-state index contributed by atoms with van der Waals surface area (Å²) in [6, 6.07) is 12.7. The van der Waals surface area contributed by atoms with Crippen molar-refractivity contribution in [1.29, 1.82) is 0 Å². The summed E-state index contributed by atoms with van der Waals surface area (Å²) in [5, 5.41) is 9.01. The third-order valence-corrected chi connectivity index (χ3v) is 5.61. The van der Waals surface area contributed by atoms with Gasteiger partial charge in [-0.15, -0.1) is 10.2 Å². The summed E-state index contributed by atoms with van der Waals surface area (Å²) < 4.78 is 16.4. The van der Waals surface area contributed by atoms with E-state index in [1.54, 1.807) is 12.1 Å². The quantitative estimate of drug-likeness (QED) is 0.594. The molecule has 7 heteroatoms. The van der Waals surface area contributed by atoms with Crippen LogP contribution in [0.15, 0.2) is 48.7 Å². The Labute approximate surface area is 161 Å². The van der Waals surface area contributed by atoms with E-state index in [1.807, 2.05) is 34.9 Å². The lowest BCUT2D eigenvalue weighted by molar-refractivity contribution is 0.415. The Kier molecular flexibility index (Phi) is 4.16. The molecule has 0 spiro atoms. The number of aromatic nitrogens is 4. The largest absolute Gasteiger partial charge is 0.370 e. The van der Waals surface area contributed by atoms with Crippen LogP contribution in [0.1, 0.15) is 12.8 Å². The number of rotatable bonds is 3. The molecule has 1 aromatic carbocycles. The number of nitrogens with two attached hydrogens (primary N) is 1. The zero-order valence-electron chi connectivity index (χ0n) is 15.4. The van der Waals surface area contributed by atoms with Crippen LogP contribution in [0.4, 0.5) is 10.1 Å². The Morgan fingerprint density at radius 3 is 2.71 bits per heavy atom. The zero-order chi connectivity index (χ0) is 19.1. The zero-order valence-corrected chi connectivity index (χ0v) is 15.4. The van der Waals surface area contributed by atoms with Gasteiger partial charge in [0.25, 0.3) is 0 Å². The first kappa shape index (κ1) is 17.1. The number of hydrogen-bond donors (Lipinski definition) is 1. The first-order valence-corrected chi connectivity index (χ1v) is 9.59. The van der Waals surface area contributed by atoms with Crippen LogP contribution in [0.2, 0.25) is 0 Å². The summed E-state index contributed by atoms with van der Waals surface area (Å²) in [6.45, 7) is 2.53. The first-order valence-electron chi connectivity index (χ1n) is 9.59. The fourth-order valence-corrected chi connectivity index (χ4v) is 3.97. The van der Waals surface area contributed by atoms with Gasteiger partial charge in [0, 0.05) is 24.7 Å². The second-order valence-corrected chi connectivity index (χ2v) is 7.28. The Hall–Kier alpha value is -3.06. The predicted molar refractivity (Wildman–Crippen MR) is 108 cm³/mol. The molecule has 0 aliphatic carbocycles. The van der Waals surface area contributed by atoms with E-state index < -0.39 is 0 Å².